The number of carbonyl (C=O) groups excluding carboxylic acids is 2. The standard InChI is InChI=1S/C17H30N4O2/c18-14-7-10-20(11-8-14)16(22)13-4-3-9-21(12-13)17(23)19-15-5-1-2-6-15/h13-15H,1-12,18H2,(H,19,23). The average Bonchev–Trinajstić information content (AvgIpc) is 3.08. The number of urea groups is 1. The van der Waals surface area contributed by atoms with E-state index in [0.717, 1.165) is 58.2 Å². The lowest BCUT2D eigenvalue weighted by atomic mass is 9.95. The molecule has 1 aliphatic carbocycles. The van der Waals surface area contributed by atoms with Crippen LogP contribution in [0.15, 0.2) is 0 Å². The Kier molecular flexibility index (Phi) is 5.41. The number of hydrogen-bond acceptors (Lipinski definition) is 3. The van der Waals surface area contributed by atoms with Crippen molar-refractivity contribution in [3.8, 4) is 0 Å². The first-order valence-electron chi connectivity index (χ1n) is 9.23. The molecule has 0 aromatic rings. The van der Waals surface area contributed by atoms with Gasteiger partial charge in [0.1, 0.15) is 0 Å². The molecule has 3 fully saturated rings. The van der Waals surface area contributed by atoms with Crippen LogP contribution >= 0.6 is 0 Å². The molecule has 1 saturated carbocycles. The van der Waals surface area contributed by atoms with Crippen molar-refractivity contribution in [3.63, 3.8) is 0 Å². The molecule has 2 saturated heterocycles. The molecule has 3 rings (SSSR count). The Hall–Kier alpha value is -1.30. The minimum Gasteiger partial charge on any atom is -0.342 e. The molecule has 0 bridgehead atoms. The molecular weight excluding hydrogens is 292 g/mol. The molecule has 6 nitrogen and oxygen atoms in total. The molecule has 2 aliphatic heterocycles. The molecular formula is C17H30N4O2. The van der Waals surface area contributed by atoms with Gasteiger partial charge in [0, 0.05) is 38.3 Å². The summed E-state index contributed by atoms with van der Waals surface area (Å²) in [6.45, 7) is 2.88. The second-order valence-corrected chi connectivity index (χ2v) is 7.38. The molecule has 130 valence electrons. The van der Waals surface area contributed by atoms with Crippen molar-refractivity contribution in [1.29, 1.82) is 0 Å². The molecule has 3 aliphatic rings. The van der Waals surface area contributed by atoms with Crippen molar-refractivity contribution in [2.24, 2.45) is 11.7 Å². The number of nitrogens with two attached hydrogens (primary N) is 1. The Morgan fingerprint density at radius 3 is 2.26 bits per heavy atom. The van der Waals surface area contributed by atoms with Crippen LogP contribution in [0.5, 0.6) is 0 Å². The fourth-order valence-corrected chi connectivity index (χ4v) is 4.08. The van der Waals surface area contributed by atoms with Gasteiger partial charge < -0.3 is 20.9 Å². The van der Waals surface area contributed by atoms with Crippen molar-refractivity contribution in [3.05, 3.63) is 0 Å². The molecule has 23 heavy (non-hydrogen) atoms. The SMILES string of the molecule is NC1CCN(C(=O)C2CCCN(C(=O)NC3CCCC3)C2)CC1. The largest absolute Gasteiger partial charge is 0.342 e. The van der Waals surface area contributed by atoms with Crippen LogP contribution in [-0.4, -0.2) is 60.0 Å². The molecule has 1 atom stereocenters. The van der Waals surface area contributed by atoms with E-state index in [9.17, 15) is 9.59 Å². The molecule has 0 radical (unpaired) electrons. The highest BCUT2D eigenvalue weighted by molar-refractivity contribution is 5.81. The van der Waals surface area contributed by atoms with Crippen LogP contribution in [0, 0.1) is 5.92 Å². The summed E-state index contributed by atoms with van der Waals surface area (Å²) in [5.41, 5.74) is 5.92. The number of hydrogen-bond donors (Lipinski definition) is 2. The number of nitrogens with one attached hydrogen (secondary N) is 1. The Morgan fingerprint density at radius 1 is 0.870 bits per heavy atom. The van der Waals surface area contributed by atoms with Crippen LogP contribution in [0.2, 0.25) is 0 Å². The van der Waals surface area contributed by atoms with E-state index in [1.54, 1.807) is 0 Å². The van der Waals surface area contributed by atoms with Crippen molar-refractivity contribution in [1.82, 2.24) is 15.1 Å². The monoisotopic (exact) mass is 322 g/mol. The van der Waals surface area contributed by atoms with Gasteiger partial charge in [-0.15, -0.1) is 0 Å². The quantitative estimate of drug-likeness (QED) is 0.804. The summed E-state index contributed by atoms with van der Waals surface area (Å²) in [4.78, 5) is 28.9. The fourth-order valence-electron chi connectivity index (χ4n) is 4.08. The first kappa shape index (κ1) is 16.6. The zero-order chi connectivity index (χ0) is 16.2. The predicted octanol–water partition coefficient (Wildman–Crippen LogP) is 1.30. The minimum atomic E-state index is -0.0348. The third-order valence-corrected chi connectivity index (χ3v) is 5.59. The summed E-state index contributed by atoms with van der Waals surface area (Å²) < 4.78 is 0. The van der Waals surface area contributed by atoms with E-state index in [-0.39, 0.29) is 23.9 Å². The lowest BCUT2D eigenvalue weighted by Gasteiger charge is -2.37. The van der Waals surface area contributed by atoms with E-state index in [1.807, 2.05) is 9.80 Å². The molecule has 0 spiro atoms. The predicted molar refractivity (Wildman–Crippen MR) is 88.9 cm³/mol. The topological polar surface area (TPSA) is 78.7 Å². The van der Waals surface area contributed by atoms with Crippen molar-refractivity contribution < 1.29 is 9.59 Å². The lowest BCUT2D eigenvalue weighted by Crippen LogP contribution is -2.52. The van der Waals surface area contributed by atoms with Crippen LogP contribution in [0.4, 0.5) is 4.79 Å². The van der Waals surface area contributed by atoms with Crippen LogP contribution in [-0.2, 0) is 4.79 Å². The van der Waals surface area contributed by atoms with Gasteiger partial charge in [-0.3, -0.25) is 4.79 Å². The third-order valence-electron chi connectivity index (χ3n) is 5.59. The van der Waals surface area contributed by atoms with Gasteiger partial charge in [0.05, 0.1) is 5.92 Å². The maximum absolute atomic E-state index is 12.7. The van der Waals surface area contributed by atoms with Gasteiger partial charge >= 0.3 is 6.03 Å². The molecule has 2 heterocycles. The highest BCUT2D eigenvalue weighted by Gasteiger charge is 2.33. The summed E-state index contributed by atoms with van der Waals surface area (Å²) in [5.74, 6) is 0.183. The zero-order valence-corrected chi connectivity index (χ0v) is 14.0. The highest BCUT2D eigenvalue weighted by Crippen LogP contribution is 2.22. The van der Waals surface area contributed by atoms with Gasteiger partial charge in [0.25, 0.3) is 0 Å². The van der Waals surface area contributed by atoms with Crippen molar-refractivity contribution >= 4 is 11.9 Å². The molecule has 3 amide bonds. The number of piperidine rings is 2. The van der Waals surface area contributed by atoms with E-state index in [0.29, 0.717) is 12.6 Å². The first-order chi connectivity index (χ1) is 11.1. The third kappa shape index (κ3) is 4.16. The summed E-state index contributed by atoms with van der Waals surface area (Å²) in [6.07, 6.45) is 8.21. The van der Waals surface area contributed by atoms with Crippen LogP contribution in [0.25, 0.3) is 0 Å². The van der Waals surface area contributed by atoms with Crippen LogP contribution in [0.3, 0.4) is 0 Å². The smallest absolute Gasteiger partial charge is 0.317 e. The van der Waals surface area contributed by atoms with E-state index in [1.165, 1.54) is 12.8 Å². The number of carbonyl (C=O) groups is 2. The molecule has 0 aromatic heterocycles. The second kappa shape index (κ2) is 7.51. The average molecular weight is 322 g/mol. The van der Waals surface area contributed by atoms with Crippen LogP contribution in [0.1, 0.15) is 51.4 Å². The Bertz CT molecular complexity index is 428. The van der Waals surface area contributed by atoms with Crippen molar-refractivity contribution in [2.75, 3.05) is 26.2 Å². The number of likely N-dealkylation sites (tertiary alicyclic amines) is 2. The number of nitrogens with zero attached hydrogens (tertiary/aromatic N) is 2. The summed E-state index contributed by atoms with van der Waals surface area (Å²) in [6, 6.07) is 0.594. The van der Waals surface area contributed by atoms with Gasteiger partial charge in [-0.25, -0.2) is 4.79 Å². The molecule has 6 heteroatoms. The zero-order valence-electron chi connectivity index (χ0n) is 14.0. The van der Waals surface area contributed by atoms with Crippen LogP contribution < -0.4 is 11.1 Å². The minimum absolute atomic E-state index is 0.0232. The number of amides is 3. The Labute approximate surface area is 138 Å². The van der Waals surface area contributed by atoms with Gasteiger partial charge in [-0.05, 0) is 38.5 Å². The van der Waals surface area contributed by atoms with Gasteiger partial charge in [-0.2, -0.15) is 0 Å². The molecule has 1 unspecified atom stereocenters. The summed E-state index contributed by atoms with van der Waals surface area (Å²) in [7, 11) is 0. The lowest BCUT2D eigenvalue weighted by molar-refractivity contribution is -0.138. The van der Waals surface area contributed by atoms with E-state index in [4.69, 9.17) is 5.73 Å². The molecule has 3 N–H and O–H groups in total. The second-order valence-electron chi connectivity index (χ2n) is 7.38. The number of rotatable bonds is 2. The summed E-state index contributed by atoms with van der Waals surface area (Å²) in [5, 5.41) is 3.14. The normalized spacial score (nSPS) is 27.3. The van der Waals surface area contributed by atoms with E-state index in [2.05, 4.69) is 5.32 Å². The molecule has 0 aromatic carbocycles. The van der Waals surface area contributed by atoms with Gasteiger partial charge in [0.15, 0.2) is 0 Å². The van der Waals surface area contributed by atoms with E-state index >= 15 is 0 Å². The first-order valence-corrected chi connectivity index (χ1v) is 9.23. The Morgan fingerprint density at radius 2 is 1.57 bits per heavy atom. The Balaban J connectivity index is 1.50. The van der Waals surface area contributed by atoms with E-state index < -0.39 is 0 Å². The van der Waals surface area contributed by atoms with Crippen molar-refractivity contribution in [2.45, 2.75) is 63.5 Å². The summed E-state index contributed by atoms with van der Waals surface area (Å²) >= 11 is 0. The van der Waals surface area contributed by atoms with Gasteiger partial charge in [0.2, 0.25) is 5.91 Å². The van der Waals surface area contributed by atoms with Gasteiger partial charge in [-0.1, -0.05) is 12.8 Å². The maximum Gasteiger partial charge on any atom is 0.317 e. The highest BCUT2D eigenvalue weighted by atomic mass is 16.2. The maximum atomic E-state index is 12.7. The fraction of sp³-hybridized carbons (Fsp3) is 0.882.